The van der Waals surface area contributed by atoms with Crippen LogP contribution in [0.3, 0.4) is 0 Å². The third-order valence-corrected chi connectivity index (χ3v) is 17.7. The molecule has 0 aromatic heterocycles. The molecule has 7 nitrogen and oxygen atoms in total. The molecule has 0 saturated heterocycles. The first-order valence-corrected chi connectivity index (χ1v) is 22.6. The summed E-state index contributed by atoms with van der Waals surface area (Å²) in [5.74, 6) is -0.170. The van der Waals surface area contributed by atoms with Crippen LogP contribution < -0.4 is 0 Å². The van der Waals surface area contributed by atoms with Crippen LogP contribution in [-0.2, 0) is 23.1 Å². The SMILES string of the molecule is CCCCCC[Si](CCCCCC)(CCCCCC)CCCOCCOC(=O)CCN(C)CCC[Si](CO)(OC)OC. The lowest BCUT2D eigenvalue weighted by atomic mass is 10.2. The molecule has 0 aliphatic rings. The van der Waals surface area contributed by atoms with Crippen LogP contribution in [0, 0.1) is 0 Å². The van der Waals surface area contributed by atoms with E-state index in [1.54, 1.807) is 14.2 Å². The van der Waals surface area contributed by atoms with Crippen molar-refractivity contribution in [2.45, 2.75) is 147 Å². The van der Waals surface area contributed by atoms with Gasteiger partial charge >= 0.3 is 14.5 Å². The number of ether oxygens (including phenoxy) is 2. The summed E-state index contributed by atoms with van der Waals surface area (Å²) < 4.78 is 22.3. The van der Waals surface area contributed by atoms with Crippen molar-refractivity contribution in [3.8, 4) is 0 Å². The average Bonchev–Trinajstić information content (AvgIpc) is 3.00. The van der Waals surface area contributed by atoms with Crippen molar-refractivity contribution >= 4 is 22.6 Å². The lowest BCUT2D eigenvalue weighted by Crippen LogP contribution is -2.45. The highest BCUT2D eigenvalue weighted by molar-refractivity contribution is 6.79. The van der Waals surface area contributed by atoms with E-state index in [1.807, 2.05) is 7.05 Å². The summed E-state index contributed by atoms with van der Waals surface area (Å²) in [5, 5.41) is 9.58. The second kappa shape index (κ2) is 28.2. The van der Waals surface area contributed by atoms with Crippen LogP contribution in [-0.4, -0.2) is 93.0 Å². The van der Waals surface area contributed by atoms with E-state index in [9.17, 15) is 9.90 Å². The molecule has 252 valence electrons. The predicted octanol–water partition coefficient (Wildman–Crippen LogP) is 8.10. The molecule has 0 fully saturated rings. The molecule has 0 aromatic rings. The van der Waals surface area contributed by atoms with Crippen molar-refractivity contribution < 1.29 is 28.2 Å². The normalized spacial score (nSPS) is 12.4. The molecule has 0 spiro atoms. The zero-order chi connectivity index (χ0) is 31.4. The first-order valence-electron chi connectivity index (χ1n) is 17.5. The van der Waals surface area contributed by atoms with E-state index >= 15 is 0 Å². The second-order valence-electron chi connectivity index (χ2n) is 12.5. The Balaban J connectivity index is 4.41. The van der Waals surface area contributed by atoms with Crippen LogP contribution in [0.2, 0.25) is 30.2 Å². The lowest BCUT2D eigenvalue weighted by Gasteiger charge is -2.33. The first kappa shape index (κ1) is 41.7. The van der Waals surface area contributed by atoms with Gasteiger partial charge in [0, 0.05) is 27.4 Å². The standard InChI is InChI=1S/C33H71NO6Si2/c1-7-10-13-16-27-41(28-17-14-11-8-2,29-18-15-12-9-3)30-20-24-39-25-26-40-33(36)21-23-34(4)22-19-31-42(32-35,37-5)38-6/h35H,7-32H2,1-6H3. The number of hydrogen-bond donors (Lipinski definition) is 1. The van der Waals surface area contributed by atoms with Gasteiger partial charge in [0.15, 0.2) is 0 Å². The molecule has 9 heteroatoms. The molecular formula is C33H71NO6Si2. The zero-order valence-electron chi connectivity index (χ0n) is 28.8. The Hall–Kier alpha value is -0.296. The van der Waals surface area contributed by atoms with E-state index in [4.69, 9.17) is 18.3 Å². The summed E-state index contributed by atoms with van der Waals surface area (Å²) >= 11 is 0. The molecule has 0 atom stereocenters. The third kappa shape index (κ3) is 21.4. The number of unbranched alkanes of at least 4 members (excludes halogenated alkanes) is 9. The van der Waals surface area contributed by atoms with Gasteiger partial charge in [-0.05, 0) is 32.5 Å². The summed E-state index contributed by atoms with van der Waals surface area (Å²) in [6, 6.07) is 6.67. The van der Waals surface area contributed by atoms with Gasteiger partial charge in [-0.15, -0.1) is 0 Å². The van der Waals surface area contributed by atoms with Gasteiger partial charge in [0.05, 0.1) is 27.3 Å². The monoisotopic (exact) mass is 633 g/mol. The van der Waals surface area contributed by atoms with Crippen LogP contribution in [0.5, 0.6) is 0 Å². The summed E-state index contributed by atoms with van der Waals surface area (Å²) in [6.07, 6.45) is 18.9. The number of aliphatic hydroxyl groups excluding tert-OH is 1. The van der Waals surface area contributed by atoms with E-state index in [1.165, 1.54) is 101 Å². The Morgan fingerprint density at radius 1 is 0.643 bits per heavy atom. The molecule has 1 N–H and O–H groups in total. The first-order chi connectivity index (χ1) is 20.4. The molecule has 0 radical (unpaired) electrons. The number of rotatable bonds is 32. The predicted molar refractivity (Wildman–Crippen MR) is 182 cm³/mol. The van der Waals surface area contributed by atoms with Gasteiger partial charge < -0.3 is 28.3 Å². The van der Waals surface area contributed by atoms with E-state index in [0.29, 0.717) is 26.2 Å². The Morgan fingerprint density at radius 3 is 1.64 bits per heavy atom. The molecule has 0 amide bonds. The number of esters is 1. The minimum absolute atomic E-state index is 0.0436. The van der Waals surface area contributed by atoms with Crippen LogP contribution >= 0.6 is 0 Å². The highest BCUT2D eigenvalue weighted by atomic mass is 28.4. The van der Waals surface area contributed by atoms with Crippen molar-refractivity contribution in [2.75, 3.05) is 60.4 Å². The van der Waals surface area contributed by atoms with Gasteiger partial charge in [0.1, 0.15) is 6.61 Å². The molecule has 0 aliphatic heterocycles. The Morgan fingerprint density at radius 2 is 1.17 bits per heavy atom. The number of aliphatic hydroxyl groups is 1. The van der Waals surface area contributed by atoms with Crippen LogP contribution in [0.1, 0.15) is 117 Å². The van der Waals surface area contributed by atoms with Crippen LogP contribution in [0.15, 0.2) is 0 Å². The maximum Gasteiger partial charge on any atom is 0.364 e. The fraction of sp³-hybridized carbons (Fsp3) is 0.970. The van der Waals surface area contributed by atoms with Gasteiger partial charge in [0.2, 0.25) is 0 Å². The van der Waals surface area contributed by atoms with E-state index < -0.39 is 16.6 Å². The van der Waals surface area contributed by atoms with Crippen molar-refractivity contribution in [3.63, 3.8) is 0 Å². The second-order valence-corrected chi connectivity index (χ2v) is 21.0. The van der Waals surface area contributed by atoms with Crippen molar-refractivity contribution in [1.82, 2.24) is 4.90 Å². The summed E-state index contributed by atoms with van der Waals surface area (Å²) in [5.41, 5.74) is 0. The van der Waals surface area contributed by atoms with E-state index in [-0.39, 0.29) is 12.2 Å². The topological polar surface area (TPSA) is 77.5 Å². The average molecular weight is 634 g/mol. The van der Waals surface area contributed by atoms with Crippen molar-refractivity contribution in [1.29, 1.82) is 0 Å². The fourth-order valence-corrected chi connectivity index (χ4v) is 13.1. The number of carbonyl (C=O) groups is 1. The largest absolute Gasteiger partial charge is 0.463 e. The molecule has 0 aliphatic carbocycles. The van der Waals surface area contributed by atoms with Crippen molar-refractivity contribution in [2.24, 2.45) is 0 Å². The van der Waals surface area contributed by atoms with Gasteiger partial charge in [-0.25, -0.2) is 0 Å². The minimum Gasteiger partial charge on any atom is -0.463 e. The van der Waals surface area contributed by atoms with Crippen LogP contribution in [0.4, 0.5) is 0 Å². The van der Waals surface area contributed by atoms with Crippen molar-refractivity contribution in [3.05, 3.63) is 0 Å². The zero-order valence-corrected chi connectivity index (χ0v) is 30.8. The fourth-order valence-electron chi connectivity index (χ4n) is 5.98. The molecule has 0 bridgehead atoms. The van der Waals surface area contributed by atoms with E-state index in [0.717, 1.165) is 32.0 Å². The third-order valence-electron chi connectivity index (χ3n) is 8.95. The highest BCUT2D eigenvalue weighted by Crippen LogP contribution is 2.34. The Labute approximate surface area is 263 Å². The maximum absolute atomic E-state index is 12.2. The van der Waals surface area contributed by atoms with Gasteiger partial charge in [-0.2, -0.15) is 0 Å². The molecule has 0 rings (SSSR count). The Bertz CT molecular complexity index is 570. The quantitative estimate of drug-likeness (QED) is 0.0456. The van der Waals surface area contributed by atoms with E-state index in [2.05, 4.69) is 25.7 Å². The Kier molecular flexibility index (Phi) is 28.0. The highest BCUT2D eigenvalue weighted by Gasteiger charge is 2.34. The molecular weight excluding hydrogens is 563 g/mol. The number of hydrogen-bond acceptors (Lipinski definition) is 7. The molecule has 0 aromatic carbocycles. The van der Waals surface area contributed by atoms with Gasteiger partial charge in [0.25, 0.3) is 0 Å². The molecule has 0 unspecified atom stereocenters. The molecule has 0 saturated carbocycles. The molecule has 42 heavy (non-hydrogen) atoms. The lowest BCUT2D eigenvalue weighted by molar-refractivity contribution is -0.145. The van der Waals surface area contributed by atoms with Gasteiger partial charge in [-0.3, -0.25) is 4.79 Å². The van der Waals surface area contributed by atoms with Crippen LogP contribution in [0.25, 0.3) is 0 Å². The molecule has 0 heterocycles. The number of carbonyl (C=O) groups excluding carboxylic acids is 1. The smallest absolute Gasteiger partial charge is 0.364 e. The maximum atomic E-state index is 12.2. The number of nitrogens with zero attached hydrogens (tertiary/aromatic N) is 1. The van der Waals surface area contributed by atoms with Gasteiger partial charge in [-0.1, -0.05) is 122 Å². The summed E-state index contributed by atoms with van der Waals surface area (Å²) in [7, 11) is 1.45. The summed E-state index contributed by atoms with van der Waals surface area (Å²) in [6.45, 7) is 10.0. The summed E-state index contributed by atoms with van der Waals surface area (Å²) in [4.78, 5) is 14.3. The minimum atomic E-state index is -2.47.